The van der Waals surface area contributed by atoms with Crippen LogP contribution in [0, 0.1) is 34.5 Å². The lowest BCUT2D eigenvalue weighted by Gasteiger charge is -2.58. The first-order valence-electron chi connectivity index (χ1n) is 12.5. The largest absolute Gasteiger partial charge is 0.393 e. The molecule has 0 saturated heterocycles. The first kappa shape index (κ1) is 21.6. The predicted molar refractivity (Wildman–Crippen MR) is 121 cm³/mol. The van der Waals surface area contributed by atoms with Crippen LogP contribution in [0.25, 0.3) is 0 Å². The van der Waals surface area contributed by atoms with Crippen LogP contribution < -0.4 is 0 Å². The van der Waals surface area contributed by atoms with Gasteiger partial charge in [-0.25, -0.2) is 0 Å². The fourth-order valence-corrected chi connectivity index (χ4v) is 8.45. The summed E-state index contributed by atoms with van der Waals surface area (Å²) in [6.45, 7) is 4.80. The van der Waals surface area contributed by atoms with Gasteiger partial charge in [0, 0.05) is 24.7 Å². The average Bonchev–Trinajstić information content (AvgIpc) is 3.12. The number of rotatable bonds is 4. The molecule has 0 unspecified atom stereocenters. The third-order valence-electron chi connectivity index (χ3n) is 10.1. The zero-order chi connectivity index (χ0) is 21.9. The molecule has 3 saturated carbocycles. The van der Waals surface area contributed by atoms with Crippen molar-refractivity contribution in [2.75, 3.05) is 0 Å². The molecule has 1 heterocycles. The highest BCUT2D eigenvalue weighted by molar-refractivity contribution is 5.25. The van der Waals surface area contributed by atoms with Crippen LogP contribution in [0.3, 0.4) is 0 Å². The molecule has 4 aliphatic rings. The van der Waals surface area contributed by atoms with E-state index in [-0.39, 0.29) is 22.9 Å². The third kappa shape index (κ3) is 3.50. The maximum absolute atomic E-state index is 11.2. The number of hydrogen-bond donors (Lipinski definition) is 3. The molecular formula is C27H39NO3. The van der Waals surface area contributed by atoms with E-state index in [0.29, 0.717) is 30.6 Å². The molecule has 3 fully saturated rings. The van der Waals surface area contributed by atoms with Gasteiger partial charge in [-0.3, -0.25) is 4.98 Å². The Bertz CT molecular complexity index is 836. The fourth-order valence-electron chi connectivity index (χ4n) is 8.45. The van der Waals surface area contributed by atoms with Crippen LogP contribution in [0.2, 0.25) is 0 Å². The summed E-state index contributed by atoms with van der Waals surface area (Å²) in [5.74, 6) is 0.199. The summed E-state index contributed by atoms with van der Waals surface area (Å²) in [5, 5.41) is 32.7. The van der Waals surface area contributed by atoms with Crippen LogP contribution in [0.5, 0.6) is 0 Å². The van der Waals surface area contributed by atoms with Gasteiger partial charge in [0.2, 0.25) is 0 Å². The Hall–Kier alpha value is -1.23. The Morgan fingerprint density at radius 2 is 1.94 bits per heavy atom. The van der Waals surface area contributed by atoms with Crippen molar-refractivity contribution in [2.24, 2.45) is 34.5 Å². The second-order valence-corrected chi connectivity index (χ2v) is 11.6. The SMILES string of the molecule is C[C@]12CC[C@H]3[C@@H](CC=C4C[C@@H](O)CC[C@@]43C)[C@@H]1CC[C@@H]2C(O)(O)CCc1cccnc1. The van der Waals surface area contributed by atoms with E-state index in [9.17, 15) is 15.3 Å². The summed E-state index contributed by atoms with van der Waals surface area (Å²) >= 11 is 0. The van der Waals surface area contributed by atoms with E-state index in [1.165, 1.54) is 12.0 Å². The number of hydrogen-bond acceptors (Lipinski definition) is 4. The van der Waals surface area contributed by atoms with Crippen LogP contribution in [0.15, 0.2) is 36.2 Å². The normalized spacial score (nSPS) is 42.4. The summed E-state index contributed by atoms with van der Waals surface area (Å²) in [6.07, 6.45) is 15.2. The number of aliphatic hydroxyl groups excluding tert-OH is 1. The molecule has 0 amide bonds. The van der Waals surface area contributed by atoms with E-state index < -0.39 is 5.79 Å². The Morgan fingerprint density at radius 1 is 1.10 bits per heavy atom. The summed E-state index contributed by atoms with van der Waals surface area (Å²) in [4.78, 5) is 4.17. The minimum atomic E-state index is -1.62. The molecule has 0 spiro atoms. The molecule has 31 heavy (non-hydrogen) atoms. The van der Waals surface area contributed by atoms with Gasteiger partial charge in [-0.1, -0.05) is 31.6 Å². The number of aromatic nitrogens is 1. The topological polar surface area (TPSA) is 73.6 Å². The first-order chi connectivity index (χ1) is 14.7. The molecular weight excluding hydrogens is 386 g/mol. The molecule has 5 rings (SSSR count). The minimum Gasteiger partial charge on any atom is -0.393 e. The van der Waals surface area contributed by atoms with Crippen molar-refractivity contribution < 1.29 is 15.3 Å². The average molecular weight is 426 g/mol. The molecule has 170 valence electrons. The number of nitrogens with zero attached hydrogens (tertiary/aromatic N) is 1. The standard InChI is InChI=1S/C27H39NO3/c1-25-12-10-20(29)16-19(25)5-6-21-22-7-8-24(26(22,2)13-11-23(21)25)27(30,31)14-9-18-4-3-15-28-17-18/h3-5,15,17,20-24,29-31H,6-14,16H2,1-2H3/t20-,21-,22-,23-,24-,25-,26-/m0/s1. The van der Waals surface area contributed by atoms with Crippen LogP contribution in [0.4, 0.5) is 0 Å². The Kier molecular flexibility index (Phi) is 5.35. The van der Waals surface area contributed by atoms with E-state index in [1.54, 1.807) is 6.20 Å². The van der Waals surface area contributed by atoms with Crippen LogP contribution in [-0.2, 0) is 6.42 Å². The fraction of sp³-hybridized carbons (Fsp3) is 0.741. The van der Waals surface area contributed by atoms with E-state index in [4.69, 9.17) is 0 Å². The van der Waals surface area contributed by atoms with Crippen LogP contribution >= 0.6 is 0 Å². The van der Waals surface area contributed by atoms with Crippen LogP contribution in [-0.4, -0.2) is 32.2 Å². The van der Waals surface area contributed by atoms with Crippen LogP contribution in [0.1, 0.15) is 77.2 Å². The molecule has 0 bridgehead atoms. The number of aryl methyl sites for hydroxylation is 1. The molecule has 1 aromatic heterocycles. The summed E-state index contributed by atoms with van der Waals surface area (Å²) in [6, 6.07) is 3.93. The number of fused-ring (bicyclic) bond motifs is 5. The molecule has 7 atom stereocenters. The van der Waals surface area contributed by atoms with Crippen molar-refractivity contribution in [3.8, 4) is 0 Å². The highest BCUT2D eigenvalue weighted by Gasteiger charge is 2.61. The lowest BCUT2D eigenvalue weighted by atomic mass is 9.47. The van der Waals surface area contributed by atoms with Crippen molar-refractivity contribution >= 4 is 0 Å². The molecule has 4 aliphatic carbocycles. The molecule has 3 N–H and O–H groups in total. The smallest absolute Gasteiger partial charge is 0.166 e. The van der Waals surface area contributed by atoms with Crippen molar-refractivity contribution in [3.63, 3.8) is 0 Å². The highest BCUT2D eigenvalue weighted by atomic mass is 16.5. The van der Waals surface area contributed by atoms with E-state index in [0.717, 1.165) is 50.5 Å². The van der Waals surface area contributed by atoms with E-state index in [1.807, 2.05) is 18.3 Å². The Balaban J connectivity index is 1.35. The second kappa shape index (κ2) is 7.67. The number of pyridine rings is 1. The minimum absolute atomic E-state index is 0.00448. The molecule has 0 aromatic carbocycles. The summed E-state index contributed by atoms with van der Waals surface area (Å²) in [5.41, 5.74) is 2.80. The van der Waals surface area contributed by atoms with Gasteiger partial charge in [-0.2, -0.15) is 0 Å². The zero-order valence-electron chi connectivity index (χ0n) is 19.1. The van der Waals surface area contributed by atoms with Gasteiger partial charge in [0.05, 0.1) is 6.10 Å². The Morgan fingerprint density at radius 3 is 2.71 bits per heavy atom. The van der Waals surface area contributed by atoms with Gasteiger partial charge in [0.1, 0.15) is 0 Å². The zero-order valence-corrected chi connectivity index (χ0v) is 19.1. The molecule has 1 aromatic rings. The maximum atomic E-state index is 11.2. The van der Waals surface area contributed by atoms with Crippen molar-refractivity contribution in [2.45, 2.75) is 89.9 Å². The molecule has 4 nitrogen and oxygen atoms in total. The monoisotopic (exact) mass is 425 g/mol. The van der Waals surface area contributed by atoms with E-state index >= 15 is 0 Å². The first-order valence-corrected chi connectivity index (χ1v) is 12.5. The summed E-state index contributed by atoms with van der Waals surface area (Å²) < 4.78 is 0. The summed E-state index contributed by atoms with van der Waals surface area (Å²) in [7, 11) is 0. The second-order valence-electron chi connectivity index (χ2n) is 11.6. The van der Waals surface area contributed by atoms with Crippen molar-refractivity contribution in [1.82, 2.24) is 4.98 Å². The number of aliphatic hydroxyl groups is 3. The van der Waals surface area contributed by atoms with E-state index in [2.05, 4.69) is 24.9 Å². The quantitative estimate of drug-likeness (QED) is 0.485. The van der Waals surface area contributed by atoms with Crippen molar-refractivity contribution in [3.05, 3.63) is 41.7 Å². The third-order valence-corrected chi connectivity index (χ3v) is 10.1. The van der Waals surface area contributed by atoms with Gasteiger partial charge in [-0.15, -0.1) is 0 Å². The van der Waals surface area contributed by atoms with Gasteiger partial charge in [0.15, 0.2) is 5.79 Å². The Labute approximate surface area is 186 Å². The van der Waals surface area contributed by atoms with Crippen molar-refractivity contribution in [1.29, 1.82) is 0 Å². The lowest BCUT2D eigenvalue weighted by Crippen LogP contribution is -2.53. The number of allylic oxidation sites excluding steroid dienone is 1. The van der Waals surface area contributed by atoms with Gasteiger partial charge < -0.3 is 15.3 Å². The highest BCUT2D eigenvalue weighted by Crippen LogP contribution is 2.67. The van der Waals surface area contributed by atoms with Gasteiger partial charge >= 0.3 is 0 Å². The maximum Gasteiger partial charge on any atom is 0.166 e. The molecule has 0 radical (unpaired) electrons. The molecule has 0 aliphatic heterocycles. The van der Waals surface area contributed by atoms with Gasteiger partial charge in [-0.05, 0) is 98.0 Å². The predicted octanol–water partition coefficient (Wildman–Crippen LogP) is 4.64. The lowest BCUT2D eigenvalue weighted by molar-refractivity contribution is -0.234. The molecule has 4 heteroatoms. The van der Waals surface area contributed by atoms with Gasteiger partial charge in [0.25, 0.3) is 0 Å².